The van der Waals surface area contributed by atoms with E-state index in [0.717, 1.165) is 43.5 Å². The summed E-state index contributed by atoms with van der Waals surface area (Å²) in [5.74, 6) is 0. The summed E-state index contributed by atoms with van der Waals surface area (Å²) in [6.07, 6.45) is -1.99. The summed E-state index contributed by atoms with van der Waals surface area (Å²) in [6, 6.07) is 3.69. The second-order valence-electron chi connectivity index (χ2n) is 6.27. The molecule has 0 saturated carbocycles. The molecule has 4 nitrogen and oxygen atoms in total. The Balaban J connectivity index is 1.83. The normalized spacial score (nSPS) is 26.7. The zero-order valence-corrected chi connectivity index (χ0v) is 13.3. The van der Waals surface area contributed by atoms with Crippen molar-refractivity contribution < 1.29 is 26.3 Å². The van der Waals surface area contributed by atoms with Crippen LogP contribution < -0.4 is 0 Å². The molecule has 3 rings (SSSR count). The third kappa shape index (κ3) is 3.25. The lowest BCUT2D eigenvalue weighted by Crippen LogP contribution is -2.46. The quantitative estimate of drug-likeness (QED) is 0.825. The lowest BCUT2D eigenvalue weighted by atomic mass is 9.80. The minimum absolute atomic E-state index is 0.0959. The molecule has 1 aromatic rings. The number of nitrogens with zero attached hydrogens (tertiary/aromatic N) is 1. The van der Waals surface area contributed by atoms with Crippen molar-refractivity contribution in [2.75, 3.05) is 26.3 Å². The van der Waals surface area contributed by atoms with Crippen LogP contribution in [0.3, 0.4) is 0 Å². The van der Waals surface area contributed by atoms with E-state index in [0.29, 0.717) is 26.3 Å². The van der Waals surface area contributed by atoms with E-state index in [2.05, 4.69) is 0 Å². The van der Waals surface area contributed by atoms with Crippen molar-refractivity contribution in [2.24, 2.45) is 5.41 Å². The molecule has 1 atom stereocenters. The van der Waals surface area contributed by atoms with Crippen LogP contribution in [0.15, 0.2) is 29.2 Å². The molecule has 128 valence electrons. The van der Waals surface area contributed by atoms with Gasteiger partial charge in [-0.1, -0.05) is 0 Å². The molecule has 0 N–H and O–H groups in total. The second-order valence-corrected chi connectivity index (χ2v) is 8.20. The van der Waals surface area contributed by atoms with Crippen LogP contribution in [0.5, 0.6) is 0 Å². The van der Waals surface area contributed by atoms with E-state index in [1.54, 1.807) is 0 Å². The smallest absolute Gasteiger partial charge is 0.381 e. The number of hydrogen-bond donors (Lipinski definition) is 0. The number of alkyl halides is 3. The summed E-state index contributed by atoms with van der Waals surface area (Å²) in [4.78, 5) is -0.0959. The highest BCUT2D eigenvalue weighted by Gasteiger charge is 2.42. The van der Waals surface area contributed by atoms with Crippen molar-refractivity contribution >= 4 is 10.0 Å². The van der Waals surface area contributed by atoms with Crippen LogP contribution in [0.4, 0.5) is 13.2 Å². The number of hydrogen-bond acceptors (Lipinski definition) is 3. The first kappa shape index (κ1) is 16.7. The van der Waals surface area contributed by atoms with Gasteiger partial charge in [0, 0.05) is 25.1 Å². The monoisotopic (exact) mass is 349 g/mol. The van der Waals surface area contributed by atoms with Crippen molar-refractivity contribution in [2.45, 2.75) is 30.3 Å². The van der Waals surface area contributed by atoms with E-state index in [1.807, 2.05) is 0 Å². The molecule has 2 heterocycles. The summed E-state index contributed by atoms with van der Waals surface area (Å²) in [5.41, 5.74) is -0.993. The molecule has 1 spiro atoms. The van der Waals surface area contributed by atoms with Crippen molar-refractivity contribution in [1.29, 1.82) is 0 Å². The fourth-order valence-electron chi connectivity index (χ4n) is 3.30. The van der Waals surface area contributed by atoms with Gasteiger partial charge in [-0.3, -0.25) is 0 Å². The van der Waals surface area contributed by atoms with Crippen LogP contribution >= 0.6 is 0 Å². The van der Waals surface area contributed by atoms with Gasteiger partial charge in [-0.05, 0) is 43.5 Å². The van der Waals surface area contributed by atoms with Gasteiger partial charge in [0.15, 0.2) is 0 Å². The van der Waals surface area contributed by atoms with Gasteiger partial charge in [0.05, 0.1) is 17.1 Å². The molecule has 0 aliphatic carbocycles. The van der Waals surface area contributed by atoms with Crippen molar-refractivity contribution in [1.82, 2.24) is 4.31 Å². The van der Waals surface area contributed by atoms with Gasteiger partial charge in [-0.25, -0.2) is 8.42 Å². The number of benzene rings is 1. The van der Waals surface area contributed by atoms with E-state index in [4.69, 9.17) is 4.74 Å². The Morgan fingerprint density at radius 2 is 1.83 bits per heavy atom. The Hall–Kier alpha value is -1.12. The molecule has 0 radical (unpaired) electrons. The maximum Gasteiger partial charge on any atom is 0.416 e. The van der Waals surface area contributed by atoms with Crippen molar-refractivity contribution in [3.8, 4) is 0 Å². The standard InChI is InChI=1S/C15H18F3NO3S/c16-15(17,18)12-2-4-13(5-3-12)23(20,21)19-8-1-6-14(10-19)7-9-22-11-14/h2-5H,1,6-11H2/t14-/m1/s1. The zero-order valence-electron chi connectivity index (χ0n) is 12.5. The molecule has 23 heavy (non-hydrogen) atoms. The van der Waals surface area contributed by atoms with E-state index in [9.17, 15) is 21.6 Å². The summed E-state index contributed by atoms with van der Waals surface area (Å²) < 4.78 is 70.0. The molecule has 0 bridgehead atoms. The highest BCUT2D eigenvalue weighted by molar-refractivity contribution is 7.89. The number of halogens is 3. The Morgan fingerprint density at radius 1 is 1.13 bits per heavy atom. The maximum atomic E-state index is 12.7. The van der Waals surface area contributed by atoms with Crippen LogP contribution in [0, 0.1) is 5.41 Å². The highest BCUT2D eigenvalue weighted by atomic mass is 32.2. The fraction of sp³-hybridized carbons (Fsp3) is 0.600. The van der Waals surface area contributed by atoms with Gasteiger partial charge < -0.3 is 4.74 Å². The molecule has 8 heteroatoms. The Labute approximate surface area is 133 Å². The van der Waals surface area contributed by atoms with Crippen LogP contribution in [0.2, 0.25) is 0 Å². The molecule has 2 aliphatic heterocycles. The molecule has 2 aliphatic rings. The van der Waals surface area contributed by atoms with Gasteiger partial charge in [0.1, 0.15) is 0 Å². The first-order valence-corrected chi connectivity index (χ1v) is 8.92. The molecule has 2 fully saturated rings. The molecule has 2 saturated heterocycles. The summed E-state index contributed by atoms with van der Waals surface area (Å²) in [7, 11) is -3.78. The maximum absolute atomic E-state index is 12.7. The van der Waals surface area contributed by atoms with Crippen molar-refractivity contribution in [3.05, 3.63) is 29.8 Å². The lowest BCUT2D eigenvalue weighted by Gasteiger charge is -2.38. The van der Waals surface area contributed by atoms with E-state index < -0.39 is 21.8 Å². The number of sulfonamides is 1. The van der Waals surface area contributed by atoms with Gasteiger partial charge in [-0.15, -0.1) is 0 Å². The minimum Gasteiger partial charge on any atom is -0.381 e. The largest absolute Gasteiger partial charge is 0.416 e. The third-order valence-electron chi connectivity index (χ3n) is 4.63. The minimum atomic E-state index is -4.47. The second kappa shape index (κ2) is 5.75. The molecule has 0 amide bonds. The summed E-state index contributed by atoms with van der Waals surface area (Å²) in [5, 5.41) is 0. The number of rotatable bonds is 2. The Morgan fingerprint density at radius 3 is 2.39 bits per heavy atom. The zero-order chi connectivity index (χ0) is 16.7. The third-order valence-corrected chi connectivity index (χ3v) is 6.49. The lowest BCUT2D eigenvalue weighted by molar-refractivity contribution is -0.137. The molecule has 0 aromatic heterocycles. The SMILES string of the molecule is O=S(=O)(c1ccc(C(F)(F)F)cc1)N1CCC[C@@]2(CCOC2)C1. The average molecular weight is 349 g/mol. The molecular formula is C15H18F3NO3S. The van der Waals surface area contributed by atoms with Gasteiger partial charge in [-0.2, -0.15) is 17.5 Å². The van der Waals surface area contributed by atoms with Gasteiger partial charge in [0.25, 0.3) is 0 Å². The van der Waals surface area contributed by atoms with E-state index >= 15 is 0 Å². The fourth-order valence-corrected chi connectivity index (χ4v) is 4.90. The number of piperidine rings is 1. The predicted octanol–water partition coefficient (Wildman–Crippen LogP) is 2.90. The summed E-state index contributed by atoms with van der Waals surface area (Å²) in [6.45, 7) is 1.95. The predicted molar refractivity (Wildman–Crippen MR) is 77.3 cm³/mol. The van der Waals surface area contributed by atoms with E-state index in [1.165, 1.54) is 4.31 Å². The van der Waals surface area contributed by atoms with Gasteiger partial charge >= 0.3 is 6.18 Å². The summed E-state index contributed by atoms with van der Waals surface area (Å²) >= 11 is 0. The molecular weight excluding hydrogens is 331 g/mol. The Bertz CT molecular complexity index is 664. The van der Waals surface area contributed by atoms with E-state index in [-0.39, 0.29) is 10.3 Å². The molecule has 0 unspecified atom stereocenters. The first-order valence-electron chi connectivity index (χ1n) is 7.48. The van der Waals surface area contributed by atoms with Crippen LogP contribution in [0.25, 0.3) is 0 Å². The first-order chi connectivity index (χ1) is 10.7. The van der Waals surface area contributed by atoms with Crippen LogP contribution in [0.1, 0.15) is 24.8 Å². The topological polar surface area (TPSA) is 46.6 Å². The van der Waals surface area contributed by atoms with Crippen LogP contribution in [-0.2, 0) is 20.9 Å². The van der Waals surface area contributed by atoms with Crippen LogP contribution in [-0.4, -0.2) is 39.0 Å². The molecule has 1 aromatic carbocycles. The number of ether oxygens (including phenoxy) is 1. The van der Waals surface area contributed by atoms with Crippen molar-refractivity contribution in [3.63, 3.8) is 0 Å². The Kier molecular flexibility index (Phi) is 4.18. The highest BCUT2D eigenvalue weighted by Crippen LogP contribution is 2.39. The average Bonchev–Trinajstić information content (AvgIpc) is 2.94. The van der Waals surface area contributed by atoms with Gasteiger partial charge in [0.2, 0.25) is 10.0 Å².